The van der Waals surface area contributed by atoms with Crippen LogP contribution in [0, 0.1) is 6.92 Å². The summed E-state index contributed by atoms with van der Waals surface area (Å²) in [5.41, 5.74) is 1.54. The zero-order valence-corrected chi connectivity index (χ0v) is 18.8. The highest BCUT2D eigenvalue weighted by Gasteiger charge is 2.22. The number of hydrogen-bond acceptors (Lipinski definition) is 7. The van der Waals surface area contributed by atoms with E-state index in [9.17, 15) is 14.4 Å². The van der Waals surface area contributed by atoms with Crippen molar-refractivity contribution < 1.29 is 28.6 Å². The van der Waals surface area contributed by atoms with Crippen LogP contribution in [0.3, 0.4) is 0 Å². The third-order valence-corrected chi connectivity index (χ3v) is 4.68. The highest BCUT2D eigenvalue weighted by molar-refractivity contribution is 7.99. The lowest BCUT2D eigenvalue weighted by Crippen LogP contribution is -2.50. The number of benzene rings is 1. The Hall–Kier alpha value is -2.42. The Balaban J connectivity index is 2.49. The molecule has 29 heavy (non-hydrogen) atoms. The monoisotopic (exact) mass is 426 g/mol. The van der Waals surface area contributed by atoms with Crippen molar-refractivity contribution in [3.05, 3.63) is 23.3 Å². The second-order valence-corrected chi connectivity index (χ2v) is 8.44. The maximum Gasteiger partial charge on any atom is 0.321 e. The Morgan fingerprint density at radius 1 is 1.10 bits per heavy atom. The van der Waals surface area contributed by atoms with Crippen LogP contribution in [0.1, 0.15) is 38.8 Å². The molecule has 9 heteroatoms. The lowest BCUT2D eigenvalue weighted by atomic mass is 10.1. The predicted octanol–water partition coefficient (Wildman–Crippen LogP) is 2.80. The second-order valence-electron chi connectivity index (χ2n) is 7.45. The number of thioether (sulfide) groups is 1. The van der Waals surface area contributed by atoms with E-state index in [1.807, 2.05) is 19.1 Å². The molecule has 1 rings (SSSR count). The third-order valence-electron chi connectivity index (χ3n) is 3.72. The second kappa shape index (κ2) is 10.9. The molecule has 0 aliphatic rings. The minimum Gasteiger partial charge on any atom is -0.493 e. The Labute approximate surface area is 176 Å². The number of imide groups is 1. The van der Waals surface area contributed by atoms with Crippen molar-refractivity contribution in [3.63, 3.8) is 0 Å². The first-order valence-corrected chi connectivity index (χ1v) is 10.2. The zero-order valence-electron chi connectivity index (χ0n) is 18.0. The molecule has 0 aliphatic heterocycles. The molecule has 0 heterocycles. The van der Waals surface area contributed by atoms with Gasteiger partial charge in [0.05, 0.1) is 20.0 Å². The standard InChI is InChI=1S/C20H30N2O6S/c1-12-8-15(26-6)16(27-7)9-14(12)10-29-11-17(23)28-13(2)18(24)21-19(25)22-20(3,4)5/h8-9,13H,10-11H2,1-7H3,(H2,21,22,24,25)/t13-/m1/s1. The van der Waals surface area contributed by atoms with Crippen LogP contribution in [0.4, 0.5) is 4.79 Å². The van der Waals surface area contributed by atoms with Gasteiger partial charge in [-0.25, -0.2) is 4.79 Å². The molecule has 0 radical (unpaired) electrons. The lowest BCUT2D eigenvalue weighted by molar-refractivity contribution is -0.151. The fourth-order valence-corrected chi connectivity index (χ4v) is 3.16. The summed E-state index contributed by atoms with van der Waals surface area (Å²) in [6, 6.07) is 3.11. The van der Waals surface area contributed by atoms with Crippen molar-refractivity contribution >= 4 is 29.7 Å². The van der Waals surface area contributed by atoms with E-state index in [2.05, 4.69) is 10.6 Å². The summed E-state index contributed by atoms with van der Waals surface area (Å²) in [5, 5.41) is 4.75. The number of hydrogen-bond donors (Lipinski definition) is 2. The van der Waals surface area contributed by atoms with Crippen molar-refractivity contribution in [2.75, 3.05) is 20.0 Å². The summed E-state index contributed by atoms with van der Waals surface area (Å²) in [6.45, 7) is 8.74. The maximum absolute atomic E-state index is 12.0. The van der Waals surface area contributed by atoms with E-state index in [1.54, 1.807) is 35.0 Å². The Morgan fingerprint density at radius 2 is 1.69 bits per heavy atom. The maximum atomic E-state index is 12.0. The third kappa shape index (κ3) is 8.64. The summed E-state index contributed by atoms with van der Waals surface area (Å²) in [5.74, 6) is 0.687. The molecule has 0 bridgehead atoms. The van der Waals surface area contributed by atoms with Crippen LogP contribution < -0.4 is 20.1 Å². The van der Waals surface area contributed by atoms with Gasteiger partial charge >= 0.3 is 12.0 Å². The number of ether oxygens (including phenoxy) is 3. The molecule has 0 unspecified atom stereocenters. The quantitative estimate of drug-likeness (QED) is 0.616. The Kier molecular flexibility index (Phi) is 9.29. The first-order valence-electron chi connectivity index (χ1n) is 9.08. The molecule has 0 saturated carbocycles. The van der Waals surface area contributed by atoms with Crippen LogP contribution in [0.25, 0.3) is 0 Å². The fraction of sp³-hybridized carbons (Fsp3) is 0.550. The number of carbonyl (C=O) groups is 3. The van der Waals surface area contributed by atoms with Crippen molar-refractivity contribution in [2.45, 2.75) is 52.0 Å². The molecular formula is C20H30N2O6S. The van der Waals surface area contributed by atoms with Gasteiger partial charge in [-0.1, -0.05) is 0 Å². The van der Waals surface area contributed by atoms with E-state index in [4.69, 9.17) is 14.2 Å². The SMILES string of the molecule is COc1cc(C)c(CSCC(=O)O[C@H](C)C(=O)NC(=O)NC(C)(C)C)cc1OC. The largest absolute Gasteiger partial charge is 0.493 e. The zero-order chi connectivity index (χ0) is 22.2. The van der Waals surface area contributed by atoms with Crippen molar-refractivity contribution in [1.82, 2.24) is 10.6 Å². The minimum absolute atomic E-state index is 0.0690. The molecule has 1 aromatic carbocycles. The average Bonchev–Trinajstić information content (AvgIpc) is 2.60. The molecule has 0 aliphatic carbocycles. The number of urea groups is 1. The van der Waals surface area contributed by atoms with Gasteiger partial charge in [-0.2, -0.15) is 0 Å². The smallest absolute Gasteiger partial charge is 0.321 e. The topological polar surface area (TPSA) is 103 Å². The first kappa shape index (κ1) is 24.6. The highest BCUT2D eigenvalue weighted by Crippen LogP contribution is 2.31. The summed E-state index contributed by atoms with van der Waals surface area (Å²) >= 11 is 1.35. The molecule has 0 spiro atoms. The fourth-order valence-electron chi connectivity index (χ4n) is 2.29. The molecule has 1 atom stereocenters. The van der Waals surface area contributed by atoms with Gasteiger partial charge in [0, 0.05) is 11.3 Å². The number of nitrogens with one attached hydrogen (secondary N) is 2. The summed E-state index contributed by atoms with van der Waals surface area (Å²) < 4.78 is 15.7. The van der Waals surface area contributed by atoms with Gasteiger partial charge in [0.25, 0.3) is 5.91 Å². The van der Waals surface area contributed by atoms with Gasteiger partial charge in [-0.3, -0.25) is 14.9 Å². The Bertz CT molecular complexity index is 745. The van der Waals surface area contributed by atoms with Crippen LogP contribution in [-0.4, -0.2) is 49.5 Å². The molecule has 8 nitrogen and oxygen atoms in total. The molecule has 2 N–H and O–H groups in total. The van der Waals surface area contributed by atoms with Gasteiger partial charge in [0.2, 0.25) is 0 Å². The number of carbonyl (C=O) groups excluding carboxylic acids is 3. The molecular weight excluding hydrogens is 396 g/mol. The van der Waals surface area contributed by atoms with E-state index in [-0.39, 0.29) is 5.75 Å². The molecule has 0 fully saturated rings. The van der Waals surface area contributed by atoms with Crippen LogP contribution in [-0.2, 0) is 20.1 Å². The molecule has 0 aromatic heterocycles. The molecule has 1 aromatic rings. The number of aryl methyl sites for hydroxylation is 1. The van der Waals surface area contributed by atoms with Gasteiger partial charge in [-0.15, -0.1) is 11.8 Å². The number of rotatable bonds is 8. The summed E-state index contributed by atoms with van der Waals surface area (Å²) in [4.78, 5) is 35.7. The summed E-state index contributed by atoms with van der Waals surface area (Å²) in [6.07, 6.45) is -1.07. The van der Waals surface area contributed by atoms with E-state index in [0.29, 0.717) is 17.3 Å². The van der Waals surface area contributed by atoms with E-state index in [0.717, 1.165) is 11.1 Å². The van der Waals surface area contributed by atoms with Crippen LogP contribution in [0.2, 0.25) is 0 Å². The molecule has 162 valence electrons. The van der Waals surface area contributed by atoms with Crippen LogP contribution in [0.5, 0.6) is 11.5 Å². The number of methoxy groups -OCH3 is 2. The minimum atomic E-state index is -1.07. The van der Waals surface area contributed by atoms with E-state index < -0.39 is 29.6 Å². The van der Waals surface area contributed by atoms with Gasteiger partial charge in [0.15, 0.2) is 17.6 Å². The summed E-state index contributed by atoms with van der Waals surface area (Å²) in [7, 11) is 3.14. The molecule has 0 saturated heterocycles. The van der Waals surface area contributed by atoms with Gasteiger partial charge in [-0.05, 0) is 57.9 Å². The predicted molar refractivity (Wildman–Crippen MR) is 112 cm³/mol. The average molecular weight is 427 g/mol. The van der Waals surface area contributed by atoms with E-state index >= 15 is 0 Å². The van der Waals surface area contributed by atoms with E-state index in [1.165, 1.54) is 18.7 Å². The van der Waals surface area contributed by atoms with Crippen molar-refractivity contribution in [3.8, 4) is 11.5 Å². The normalized spacial score (nSPS) is 12.0. The first-order chi connectivity index (χ1) is 13.5. The Morgan fingerprint density at radius 3 is 2.24 bits per heavy atom. The van der Waals surface area contributed by atoms with Crippen molar-refractivity contribution in [1.29, 1.82) is 0 Å². The van der Waals surface area contributed by atoms with Gasteiger partial charge < -0.3 is 19.5 Å². The lowest BCUT2D eigenvalue weighted by Gasteiger charge is -2.21. The number of amides is 3. The van der Waals surface area contributed by atoms with Crippen molar-refractivity contribution in [2.24, 2.45) is 0 Å². The van der Waals surface area contributed by atoms with Crippen LogP contribution >= 0.6 is 11.8 Å². The number of esters is 1. The highest BCUT2D eigenvalue weighted by atomic mass is 32.2. The molecule has 3 amide bonds. The van der Waals surface area contributed by atoms with Crippen LogP contribution in [0.15, 0.2) is 12.1 Å². The van der Waals surface area contributed by atoms with Gasteiger partial charge in [0.1, 0.15) is 0 Å².